The molecule has 0 aromatic heterocycles. The van der Waals surface area contributed by atoms with Crippen molar-refractivity contribution in [2.24, 2.45) is 5.92 Å². The standard InChI is InChI=1S/C13H19NO3S/c1-9(2)17-11-5-4-6-12-13(11)14-7-10(3)8-18(12,15)16/h4-6,9-10,14H,7-8H2,1-3H3. The summed E-state index contributed by atoms with van der Waals surface area (Å²) in [7, 11) is -3.23. The van der Waals surface area contributed by atoms with Crippen LogP contribution < -0.4 is 10.1 Å². The molecule has 1 heterocycles. The summed E-state index contributed by atoms with van der Waals surface area (Å²) in [5.41, 5.74) is 0.607. The molecule has 5 heteroatoms. The summed E-state index contributed by atoms with van der Waals surface area (Å²) in [5.74, 6) is 0.882. The number of hydrogen-bond donors (Lipinski definition) is 1. The van der Waals surface area contributed by atoms with Crippen LogP contribution in [0.5, 0.6) is 5.75 Å². The molecule has 0 saturated carbocycles. The van der Waals surface area contributed by atoms with Crippen molar-refractivity contribution in [2.75, 3.05) is 17.6 Å². The van der Waals surface area contributed by atoms with E-state index in [0.29, 0.717) is 22.9 Å². The van der Waals surface area contributed by atoms with Gasteiger partial charge in [0, 0.05) is 6.54 Å². The molecule has 1 aliphatic rings. The van der Waals surface area contributed by atoms with Crippen LogP contribution in [0.15, 0.2) is 23.1 Å². The van der Waals surface area contributed by atoms with Crippen molar-refractivity contribution in [2.45, 2.75) is 31.8 Å². The van der Waals surface area contributed by atoms with Crippen LogP contribution in [0.3, 0.4) is 0 Å². The van der Waals surface area contributed by atoms with E-state index in [9.17, 15) is 8.42 Å². The van der Waals surface area contributed by atoms with Gasteiger partial charge in [-0.15, -0.1) is 0 Å². The lowest BCUT2D eigenvalue weighted by atomic mass is 10.2. The lowest BCUT2D eigenvalue weighted by molar-refractivity contribution is 0.243. The molecule has 0 bridgehead atoms. The van der Waals surface area contributed by atoms with Crippen LogP contribution >= 0.6 is 0 Å². The van der Waals surface area contributed by atoms with E-state index in [1.807, 2.05) is 20.8 Å². The van der Waals surface area contributed by atoms with E-state index >= 15 is 0 Å². The maximum Gasteiger partial charge on any atom is 0.180 e. The summed E-state index contributed by atoms with van der Waals surface area (Å²) in [6, 6.07) is 5.17. The minimum atomic E-state index is -3.23. The molecule has 1 unspecified atom stereocenters. The molecule has 0 fully saturated rings. The smallest absolute Gasteiger partial charge is 0.180 e. The Morgan fingerprint density at radius 3 is 2.78 bits per heavy atom. The Bertz CT molecular complexity index is 537. The maximum atomic E-state index is 12.2. The number of rotatable bonds is 2. The van der Waals surface area contributed by atoms with E-state index in [-0.39, 0.29) is 17.8 Å². The second kappa shape index (κ2) is 4.80. The molecule has 1 aromatic rings. The molecule has 1 atom stereocenters. The predicted octanol–water partition coefficient (Wildman–Crippen LogP) is 2.31. The number of hydrogen-bond acceptors (Lipinski definition) is 4. The largest absolute Gasteiger partial charge is 0.489 e. The molecule has 18 heavy (non-hydrogen) atoms. The third-order valence-corrected chi connectivity index (χ3v) is 4.84. The molecular formula is C13H19NO3S. The van der Waals surface area contributed by atoms with Gasteiger partial charge in [0.15, 0.2) is 9.84 Å². The van der Waals surface area contributed by atoms with Gasteiger partial charge in [0.25, 0.3) is 0 Å². The van der Waals surface area contributed by atoms with Gasteiger partial charge in [-0.05, 0) is 31.9 Å². The Kier molecular flexibility index (Phi) is 3.52. The number of fused-ring (bicyclic) bond motifs is 1. The van der Waals surface area contributed by atoms with Crippen molar-refractivity contribution >= 4 is 15.5 Å². The average molecular weight is 269 g/mol. The number of ether oxygens (including phenoxy) is 1. The Morgan fingerprint density at radius 1 is 1.39 bits per heavy atom. The van der Waals surface area contributed by atoms with Crippen molar-refractivity contribution in [3.05, 3.63) is 18.2 Å². The lowest BCUT2D eigenvalue weighted by Gasteiger charge is -2.16. The van der Waals surface area contributed by atoms with Gasteiger partial charge in [0.1, 0.15) is 5.75 Å². The van der Waals surface area contributed by atoms with Gasteiger partial charge in [-0.2, -0.15) is 0 Å². The highest BCUT2D eigenvalue weighted by atomic mass is 32.2. The molecule has 1 aromatic carbocycles. The molecule has 4 nitrogen and oxygen atoms in total. The van der Waals surface area contributed by atoms with Crippen molar-refractivity contribution in [1.82, 2.24) is 0 Å². The first kappa shape index (κ1) is 13.2. The molecule has 0 aliphatic carbocycles. The average Bonchev–Trinajstić information content (AvgIpc) is 2.36. The van der Waals surface area contributed by atoms with Crippen LogP contribution in [0.4, 0.5) is 5.69 Å². The Morgan fingerprint density at radius 2 is 2.11 bits per heavy atom. The molecule has 1 aliphatic heterocycles. The van der Waals surface area contributed by atoms with E-state index in [0.717, 1.165) is 0 Å². The Hall–Kier alpha value is -1.23. The molecule has 0 amide bonds. The second-order valence-electron chi connectivity index (χ2n) is 5.06. The fraction of sp³-hybridized carbons (Fsp3) is 0.538. The molecule has 1 N–H and O–H groups in total. The maximum absolute atomic E-state index is 12.2. The van der Waals surface area contributed by atoms with E-state index in [4.69, 9.17) is 4.74 Å². The van der Waals surface area contributed by atoms with Crippen molar-refractivity contribution in [3.63, 3.8) is 0 Å². The first-order valence-electron chi connectivity index (χ1n) is 6.16. The highest BCUT2D eigenvalue weighted by molar-refractivity contribution is 7.91. The number of nitrogens with one attached hydrogen (secondary N) is 1. The molecule has 100 valence electrons. The lowest BCUT2D eigenvalue weighted by Crippen LogP contribution is -2.15. The zero-order valence-electron chi connectivity index (χ0n) is 10.9. The predicted molar refractivity (Wildman–Crippen MR) is 71.9 cm³/mol. The number of para-hydroxylation sites is 1. The summed E-state index contributed by atoms with van der Waals surface area (Å²) in [4.78, 5) is 0.352. The first-order valence-corrected chi connectivity index (χ1v) is 7.81. The van der Waals surface area contributed by atoms with Crippen molar-refractivity contribution < 1.29 is 13.2 Å². The summed E-state index contributed by atoms with van der Waals surface area (Å²) in [5, 5.41) is 3.20. The zero-order valence-corrected chi connectivity index (χ0v) is 11.8. The van der Waals surface area contributed by atoms with Crippen LogP contribution in [0.2, 0.25) is 0 Å². The minimum Gasteiger partial charge on any atom is -0.489 e. The number of benzene rings is 1. The highest BCUT2D eigenvalue weighted by Crippen LogP contribution is 2.35. The molecule has 2 rings (SSSR count). The van der Waals surface area contributed by atoms with Gasteiger partial charge in [0.2, 0.25) is 0 Å². The van der Waals surface area contributed by atoms with E-state index in [1.54, 1.807) is 18.2 Å². The summed E-state index contributed by atoms with van der Waals surface area (Å²) in [6.45, 7) is 6.42. The van der Waals surface area contributed by atoms with Crippen molar-refractivity contribution in [1.29, 1.82) is 0 Å². The number of sulfone groups is 1. The molecule has 0 spiro atoms. The van der Waals surface area contributed by atoms with Gasteiger partial charge in [-0.3, -0.25) is 0 Å². The zero-order chi connectivity index (χ0) is 13.3. The third-order valence-electron chi connectivity index (χ3n) is 2.82. The molecule has 0 saturated heterocycles. The number of anilines is 1. The van der Waals surface area contributed by atoms with Crippen LogP contribution in [-0.4, -0.2) is 26.8 Å². The SMILES string of the molecule is CC1CNc2c(OC(C)C)cccc2S(=O)(=O)C1. The second-order valence-corrected chi connectivity index (χ2v) is 7.07. The van der Waals surface area contributed by atoms with E-state index < -0.39 is 9.84 Å². The third kappa shape index (κ3) is 2.61. The highest BCUT2D eigenvalue weighted by Gasteiger charge is 2.27. The summed E-state index contributed by atoms with van der Waals surface area (Å²) >= 11 is 0. The van der Waals surface area contributed by atoms with Crippen molar-refractivity contribution in [3.8, 4) is 5.75 Å². The molecule has 0 radical (unpaired) electrons. The fourth-order valence-corrected chi connectivity index (χ4v) is 3.91. The monoisotopic (exact) mass is 269 g/mol. The van der Waals surface area contributed by atoms with Crippen LogP contribution in [0.1, 0.15) is 20.8 Å². The molecular weight excluding hydrogens is 250 g/mol. The summed E-state index contributed by atoms with van der Waals surface area (Å²) < 4.78 is 30.2. The topological polar surface area (TPSA) is 55.4 Å². The normalized spacial score (nSPS) is 21.9. The Labute approximate surface area is 108 Å². The van der Waals surface area contributed by atoms with Crippen LogP contribution in [0.25, 0.3) is 0 Å². The van der Waals surface area contributed by atoms with Gasteiger partial charge in [0.05, 0.1) is 22.4 Å². The Balaban J connectivity index is 2.52. The minimum absolute atomic E-state index is 0.0154. The van der Waals surface area contributed by atoms with E-state index in [1.165, 1.54) is 0 Å². The van der Waals surface area contributed by atoms with Gasteiger partial charge in [-0.25, -0.2) is 8.42 Å². The van der Waals surface area contributed by atoms with Gasteiger partial charge < -0.3 is 10.1 Å². The summed E-state index contributed by atoms with van der Waals surface area (Å²) in [6.07, 6.45) is 0.0154. The van der Waals surface area contributed by atoms with E-state index in [2.05, 4.69) is 5.32 Å². The van der Waals surface area contributed by atoms with Gasteiger partial charge in [-0.1, -0.05) is 13.0 Å². The quantitative estimate of drug-likeness (QED) is 0.895. The van der Waals surface area contributed by atoms with Gasteiger partial charge >= 0.3 is 0 Å². The van der Waals surface area contributed by atoms with Crippen LogP contribution in [-0.2, 0) is 9.84 Å². The fourth-order valence-electron chi connectivity index (χ4n) is 2.10. The van der Waals surface area contributed by atoms with Crippen LogP contribution in [0, 0.1) is 5.92 Å². The first-order chi connectivity index (χ1) is 8.40.